The van der Waals surface area contributed by atoms with Crippen LogP contribution in [0.5, 0.6) is 5.75 Å². The van der Waals surface area contributed by atoms with Crippen LogP contribution in [0.2, 0.25) is 0 Å². The lowest BCUT2D eigenvalue weighted by Crippen LogP contribution is -2.27. The summed E-state index contributed by atoms with van der Waals surface area (Å²) < 4.78 is 5.17. The van der Waals surface area contributed by atoms with Crippen LogP contribution in [-0.4, -0.2) is 30.7 Å². The van der Waals surface area contributed by atoms with E-state index in [2.05, 4.69) is 6.08 Å². The monoisotopic (exact) mass is 292 g/mol. The molecule has 1 aromatic carbocycles. The minimum atomic E-state index is 0.102. The van der Waals surface area contributed by atoms with E-state index in [1.165, 1.54) is 11.8 Å². The minimum absolute atomic E-state index is 0.102. The number of ether oxygens (including phenoxy) is 1. The fraction of sp³-hybridized carbons (Fsp3) is 0.400. The Kier molecular flexibility index (Phi) is 4.95. The highest BCUT2D eigenvalue weighted by molar-refractivity contribution is 8.00. The number of methoxy groups -OCH3 is 1. The molecule has 5 heteroatoms. The molecule has 108 valence electrons. The molecule has 0 radical (unpaired) electrons. The molecule has 0 aliphatic heterocycles. The maximum Gasteiger partial charge on any atom is 0.236 e. The van der Waals surface area contributed by atoms with Crippen LogP contribution in [0, 0.1) is 0 Å². The van der Waals surface area contributed by atoms with E-state index >= 15 is 0 Å². The maximum absolute atomic E-state index is 12.2. The number of carbonyl (C=O) groups excluding carboxylic acids is 1. The number of hydrogen-bond acceptors (Lipinski definition) is 4. The van der Waals surface area contributed by atoms with Crippen molar-refractivity contribution in [2.75, 3.05) is 25.6 Å². The standard InChI is InChI=1S/C15H20N2O2S/c1-17(11-5-3-4-6-11)15(18)10-20-14-9-12(19-2)7-8-13(14)16/h5,7-9H,3-4,6,10,16H2,1-2H3. The highest BCUT2D eigenvalue weighted by Crippen LogP contribution is 2.30. The number of benzene rings is 1. The summed E-state index contributed by atoms with van der Waals surface area (Å²) in [5.41, 5.74) is 7.72. The van der Waals surface area contributed by atoms with Crippen LogP contribution in [0.3, 0.4) is 0 Å². The van der Waals surface area contributed by atoms with Crippen LogP contribution in [0.25, 0.3) is 0 Å². The molecule has 1 aliphatic carbocycles. The first kappa shape index (κ1) is 14.8. The zero-order chi connectivity index (χ0) is 14.5. The number of carbonyl (C=O) groups is 1. The number of allylic oxidation sites excluding steroid dienone is 2. The smallest absolute Gasteiger partial charge is 0.236 e. The molecular weight excluding hydrogens is 272 g/mol. The summed E-state index contributed by atoms with van der Waals surface area (Å²) in [4.78, 5) is 14.8. The second-order valence-corrected chi connectivity index (χ2v) is 5.75. The largest absolute Gasteiger partial charge is 0.497 e. The first-order valence-corrected chi connectivity index (χ1v) is 7.62. The van der Waals surface area contributed by atoms with Crippen molar-refractivity contribution in [2.24, 2.45) is 0 Å². The molecule has 20 heavy (non-hydrogen) atoms. The van der Waals surface area contributed by atoms with Crippen molar-refractivity contribution in [1.29, 1.82) is 0 Å². The molecule has 1 aromatic rings. The Hall–Kier alpha value is -1.62. The first-order chi connectivity index (χ1) is 9.61. The van der Waals surface area contributed by atoms with Crippen LogP contribution >= 0.6 is 11.8 Å². The van der Waals surface area contributed by atoms with Crippen molar-refractivity contribution < 1.29 is 9.53 Å². The Morgan fingerprint density at radius 1 is 1.50 bits per heavy atom. The van der Waals surface area contributed by atoms with Crippen molar-refractivity contribution in [3.8, 4) is 5.75 Å². The van der Waals surface area contributed by atoms with E-state index in [4.69, 9.17) is 10.5 Å². The van der Waals surface area contributed by atoms with Crippen LogP contribution in [0.4, 0.5) is 5.69 Å². The molecule has 0 saturated carbocycles. The Morgan fingerprint density at radius 3 is 2.95 bits per heavy atom. The summed E-state index contributed by atoms with van der Waals surface area (Å²) in [6, 6.07) is 5.48. The second kappa shape index (κ2) is 6.70. The summed E-state index contributed by atoms with van der Waals surface area (Å²) >= 11 is 1.45. The van der Waals surface area contributed by atoms with Gasteiger partial charge in [-0.1, -0.05) is 6.08 Å². The van der Waals surface area contributed by atoms with Gasteiger partial charge in [0.25, 0.3) is 0 Å². The average molecular weight is 292 g/mol. The predicted octanol–water partition coefficient (Wildman–Crippen LogP) is 2.90. The third-order valence-corrected chi connectivity index (χ3v) is 4.45. The molecule has 4 nitrogen and oxygen atoms in total. The number of anilines is 1. The normalized spacial score (nSPS) is 14.0. The molecule has 0 heterocycles. The fourth-order valence-corrected chi connectivity index (χ4v) is 3.03. The van der Waals surface area contributed by atoms with E-state index in [9.17, 15) is 4.79 Å². The van der Waals surface area contributed by atoms with Crippen molar-refractivity contribution in [3.63, 3.8) is 0 Å². The molecule has 2 N–H and O–H groups in total. The van der Waals surface area contributed by atoms with Gasteiger partial charge in [-0.3, -0.25) is 4.79 Å². The van der Waals surface area contributed by atoms with E-state index in [1.807, 2.05) is 19.2 Å². The quantitative estimate of drug-likeness (QED) is 0.669. The van der Waals surface area contributed by atoms with Gasteiger partial charge in [0.05, 0.1) is 12.9 Å². The van der Waals surface area contributed by atoms with Crippen LogP contribution in [-0.2, 0) is 4.79 Å². The van der Waals surface area contributed by atoms with Gasteiger partial charge in [0.2, 0.25) is 5.91 Å². The van der Waals surface area contributed by atoms with Gasteiger partial charge in [-0.2, -0.15) is 0 Å². The lowest BCUT2D eigenvalue weighted by molar-refractivity contribution is -0.125. The lowest BCUT2D eigenvalue weighted by atomic mass is 10.3. The molecule has 0 atom stereocenters. The lowest BCUT2D eigenvalue weighted by Gasteiger charge is -2.18. The van der Waals surface area contributed by atoms with Gasteiger partial charge in [0.1, 0.15) is 5.75 Å². The van der Waals surface area contributed by atoms with Gasteiger partial charge in [-0.05, 0) is 37.5 Å². The number of thioether (sulfide) groups is 1. The zero-order valence-electron chi connectivity index (χ0n) is 11.9. The third-order valence-electron chi connectivity index (χ3n) is 3.39. The second-order valence-electron chi connectivity index (χ2n) is 4.73. The summed E-state index contributed by atoms with van der Waals surface area (Å²) in [6.45, 7) is 0. The Bertz CT molecular complexity index is 529. The van der Waals surface area contributed by atoms with E-state index in [1.54, 1.807) is 18.1 Å². The molecule has 0 aromatic heterocycles. The van der Waals surface area contributed by atoms with Crippen molar-refractivity contribution in [2.45, 2.75) is 24.2 Å². The van der Waals surface area contributed by atoms with Gasteiger partial charge < -0.3 is 15.4 Å². The molecular formula is C15H20N2O2S. The molecule has 0 fully saturated rings. The zero-order valence-corrected chi connectivity index (χ0v) is 12.7. The maximum atomic E-state index is 12.2. The number of nitrogens with two attached hydrogens (primary N) is 1. The van der Waals surface area contributed by atoms with Gasteiger partial charge in [0.15, 0.2) is 0 Å². The molecule has 0 saturated heterocycles. The van der Waals surface area contributed by atoms with Gasteiger partial charge in [0, 0.05) is 23.3 Å². The van der Waals surface area contributed by atoms with E-state index < -0.39 is 0 Å². The number of rotatable bonds is 5. The van der Waals surface area contributed by atoms with E-state index in [0.717, 1.165) is 35.6 Å². The van der Waals surface area contributed by atoms with Crippen LogP contribution in [0.15, 0.2) is 34.9 Å². The highest BCUT2D eigenvalue weighted by Gasteiger charge is 2.16. The summed E-state index contributed by atoms with van der Waals surface area (Å²) in [5.74, 6) is 1.23. The van der Waals surface area contributed by atoms with Crippen molar-refractivity contribution in [1.82, 2.24) is 4.90 Å². The number of nitrogen functional groups attached to an aromatic ring is 1. The summed E-state index contributed by atoms with van der Waals surface area (Å²) in [7, 11) is 3.46. The van der Waals surface area contributed by atoms with Crippen LogP contribution < -0.4 is 10.5 Å². The Morgan fingerprint density at radius 2 is 2.30 bits per heavy atom. The Balaban J connectivity index is 1.96. The van der Waals surface area contributed by atoms with Gasteiger partial charge in [-0.25, -0.2) is 0 Å². The molecule has 0 unspecified atom stereocenters. The Labute approximate surface area is 124 Å². The molecule has 0 bridgehead atoms. The number of hydrogen-bond donors (Lipinski definition) is 1. The highest BCUT2D eigenvalue weighted by atomic mass is 32.2. The number of nitrogens with zero attached hydrogens (tertiary/aromatic N) is 1. The van der Waals surface area contributed by atoms with E-state index in [-0.39, 0.29) is 5.91 Å². The molecule has 2 rings (SSSR count). The van der Waals surface area contributed by atoms with Crippen molar-refractivity contribution in [3.05, 3.63) is 30.0 Å². The predicted molar refractivity (Wildman–Crippen MR) is 82.8 cm³/mol. The van der Waals surface area contributed by atoms with Gasteiger partial charge >= 0.3 is 0 Å². The third kappa shape index (κ3) is 3.48. The molecule has 1 amide bonds. The fourth-order valence-electron chi connectivity index (χ4n) is 2.12. The van der Waals surface area contributed by atoms with Crippen LogP contribution in [0.1, 0.15) is 19.3 Å². The summed E-state index contributed by atoms with van der Waals surface area (Å²) in [5, 5.41) is 0. The van der Waals surface area contributed by atoms with Crippen molar-refractivity contribution >= 4 is 23.4 Å². The molecule has 0 spiro atoms. The SMILES string of the molecule is COc1ccc(N)c(SCC(=O)N(C)C2=CCCC2)c1. The minimum Gasteiger partial charge on any atom is -0.497 e. The topological polar surface area (TPSA) is 55.6 Å². The number of amides is 1. The average Bonchev–Trinajstić information content (AvgIpc) is 2.99. The summed E-state index contributed by atoms with van der Waals surface area (Å²) in [6.07, 6.45) is 5.35. The molecule has 1 aliphatic rings. The van der Waals surface area contributed by atoms with Gasteiger partial charge in [-0.15, -0.1) is 11.8 Å². The first-order valence-electron chi connectivity index (χ1n) is 6.63. The van der Waals surface area contributed by atoms with E-state index in [0.29, 0.717) is 11.4 Å².